The minimum Gasteiger partial charge on any atom is -0.550 e. The molecule has 0 rings (SSSR count). The molecule has 148 valence electrons. The maximum atomic E-state index is 11.4. The van der Waals surface area contributed by atoms with E-state index in [0.29, 0.717) is 6.54 Å². The molecule has 1 amide bonds. The van der Waals surface area contributed by atoms with Crippen molar-refractivity contribution >= 4 is 18.0 Å². The van der Waals surface area contributed by atoms with Crippen LogP contribution in [-0.4, -0.2) is 83.2 Å². The Morgan fingerprint density at radius 1 is 1.15 bits per heavy atom. The Labute approximate surface area is 175 Å². The number of carbonyl (C=O) groups is 3. The van der Waals surface area contributed by atoms with Gasteiger partial charge in [-0.25, -0.2) is 4.79 Å². The summed E-state index contributed by atoms with van der Waals surface area (Å²) in [4.78, 5) is 32.6. The summed E-state index contributed by atoms with van der Waals surface area (Å²) in [6, 6.07) is 0. The zero-order chi connectivity index (χ0) is 20.2. The van der Waals surface area contributed by atoms with Gasteiger partial charge in [0, 0.05) is 32.5 Å². The molecular weight excluding hydrogens is 359 g/mol. The van der Waals surface area contributed by atoms with Gasteiger partial charge < -0.3 is 40.2 Å². The number of likely N-dealkylation sites (N-methyl/N-ethyl adjacent to an activating group) is 2. The maximum Gasteiger partial charge on any atom is 1.00 e. The number of carboxylic acids is 2. The van der Waals surface area contributed by atoms with E-state index in [9.17, 15) is 24.6 Å². The van der Waals surface area contributed by atoms with Crippen molar-refractivity contribution in [3.8, 4) is 0 Å². The molecule has 2 atom stereocenters. The van der Waals surface area contributed by atoms with Gasteiger partial charge in [-0.15, -0.1) is 0 Å². The molecule has 0 spiro atoms. The number of nitrogens with zero attached hydrogens (tertiary/aromatic N) is 1. The molecule has 0 saturated heterocycles. The van der Waals surface area contributed by atoms with E-state index in [0.717, 1.165) is 4.90 Å². The van der Waals surface area contributed by atoms with Crippen LogP contribution in [0.25, 0.3) is 0 Å². The van der Waals surface area contributed by atoms with Crippen LogP contribution >= 0.6 is 0 Å². The summed E-state index contributed by atoms with van der Waals surface area (Å²) in [6.07, 6.45) is -3.23. The van der Waals surface area contributed by atoms with Gasteiger partial charge in [0.2, 0.25) is 0 Å². The predicted molar refractivity (Wildman–Crippen MR) is 86.7 cm³/mol. The summed E-state index contributed by atoms with van der Waals surface area (Å²) in [7, 11) is 3.08. The average Bonchev–Trinajstić information content (AvgIpc) is 2.35. The summed E-state index contributed by atoms with van der Waals surface area (Å²) < 4.78 is 5.02. The first-order valence-electron chi connectivity index (χ1n) is 7.65. The first-order chi connectivity index (χ1) is 11.3. The summed E-state index contributed by atoms with van der Waals surface area (Å²) in [5, 5.41) is 39.0. The number of carbonyl (C=O) groups excluding carboxylic acids is 2. The fourth-order valence-electron chi connectivity index (χ4n) is 1.50. The third kappa shape index (κ3) is 21.1. The maximum absolute atomic E-state index is 11.4. The van der Waals surface area contributed by atoms with E-state index in [1.54, 1.807) is 27.8 Å². The number of aliphatic hydroxyl groups excluding tert-OH is 2. The molecule has 0 aliphatic heterocycles. The number of nitrogens with one attached hydrogen (secondary N) is 1. The first-order valence-corrected chi connectivity index (χ1v) is 7.65. The Hall–Kier alpha value is -0.910. The third-order valence-corrected chi connectivity index (χ3v) is 2.44. The Morgan fingerprint density at radius 2 is 1.65 bits per heavy atom. The molecule has 4 N–H and O–H groups in total. The van der Waals surface area contributed by atoms with Gasteiger partial charge in [-0.2, -0.15) is 0 Å². The smallest absolute Gasteiger partial charge is 0.550 e. The van der Waals surface area contributed by atoms with Gasteiger partial charge in [-0.3, -0.25) is 4.79 Å². The third-order valence-electron chi connectivity index (χ3n) is 2.44. The first kappa shape index (κ1) is 29.8. The molecule has 0 heterocycles. The molecule has 0 saturated carbocycles. The molecule has 2 unspecified atom stereocenters. The SMILES string of the molecule is CN(CC(O)CC(=O)[O-])C(=O)OC(C)(C)C.CNCC(O)CC(=O)O.[Na+]. The van der Waals surface area contributed by atoms with E-state index in [1.807, 2.05) is 0 Å². The zero-order valence-electron chi connectivity index (χ0n) is 16.3. The Bertz CT molecular complexity index is 428. The second-order valence-electron chi connectivity index (χ2n) is 6.40. The Morgan fingerprint density at radius 3 is 2.00 bits per heavy atom. The molecule has 0 aromatic rings. The monoisotopic (exact) mass is 388 g/mol. The molecule has 0 radical (unpaired) electrons. The molecule has 0 aliphatic rings. The van der Waals surface area contributed by atoms with Crippen LogP contribution < -0.4 is 40.0 Å². The largest absolute Gasteiger partial charge is 1.00 e. The number of hydrogen-bond acceptors (Lipinski definition) is 8. The number of amides is 1. The summed E-state index contributed by atoms with van der Waals surface area (Å²) in [6.45, 7) is 5.37. The van der Waals surface area contributed by atoms with Crippen LogP contribution in [0.15, 0.2) is 0 Å². The van der Waals surface area contributed by atoms with Gasteiger partial charge in [-0.05, 0) is 27.8 Å². The van der Waals surface area contributed by atoms with Crippen molar-refractivity contribution in [1.82, 2.24) is 10.2 Å². The van der Waals surface area contributed by atoms with Gasteiger partial charge in [0.15, 0.2) is 0 Å². The number of carboxylic acid groups (broad SMARTS) is 2. The van der Waals surface area contributed by atoms with Crippen LogP contribution in [-0.2, 0) is 14.3 Å². The van der Waals surface area contributed by atoms with Crippen molar-refractivity contribution in [3.63, 3.8) is 0 Å². The topological polar surface area (TPSA) is 159 Å². The zero-order valence-corrected chi connectivity index (χ0v) is 18.3. The fourth-order valence-corrected chi connectivity index (χ4v) is 1.50. The number of ether oxygens (including phenoxy) is 1. The van der Waals surface area contributed by atoms with Gasteiger partial charge in [-0.1, -0.05) is 0 Å². The minimum atomic E-state index is -1.36. The van der Waals surface area contributed by atoms with Crippen LogP contribution in [0.5, 0.6) is 0 Å². The van der Waals surface area contributed by atoms with Crippen molar-refractivity contribution in [2.45, 2.75) is 51.4 Å². The summed E-state index contributed by atoms with van der Waals surface area (Å²) in [5.74, 6) is -2.33. The number of hydrogen-bond donors (Lipinski definition) is 4. The minimum absolute atomic E-state index is 0. The standard InChI is InChI=1S/C10H19NO5.C5H11NO3.Na/c1-10(2,3)16-9(15)11(4)6-7(12)5-8(13)14;1-6-3-4(7)2-5(8)9;/h7,12H,5-6H2,1-4H3,(H,13,14);4,6-7H,2-3H2,1H3,(H,8,9);/q;;+1/p-1. The van der Waals surface area contributed by atoms with Crippen LogP contribution in [0.4, 0.5) is 4.79 Å². The van der Waals surface area contributed by atoms with E-state index < -0.39 is 42.3 Å². The normalized spacial score (nSPS) is 12.6. The van der Waals surface area contributed by atoms with Crippen molar-refractivity contribution in [3.05, 3.63) is 0 Å². The average molecular weight is 388 g/mol. The van der Waals surface area contributed by atoms with E-state index in [4.69, 9.17) is 14.9 Å². The van der Waals surface area contributed by atoms with Crippen LogP contribution in [0.1, 0.15) is 33.6 Å². The van der Waals surface area contributed by atoms with E-state index in [-0.39, 0.29) is 42.5 Å². The predicted octanol–water partition coefficient (Wildman–Crippen LogP) is -4.60. The quantitative estimate of drug-likeness (QED) is 0.300. The van der Waals surface area contributed by atoms with Crippen LogP contribution in [0.3, 0.4) is 0 Å². The molecule has 26 heavy (non-hydrogen) atoms. The summed E-state index contributed by atoms with van der Waals surface area (Å²) in [5.41, 5.74) is -0.620. The fraction of sp³-hybridized carbons (Fsp3) is 0.800. The number of aliphatic hydroxyl groups is 2. The molecule has 0 aliphatic carbocycles. The Balaban J connectivity index is -0.000000453. The van der Waals surface area contributed by atoms with Crippen LogP contribution in [0, 0.1) is 0 Å². The van der Waals surface area contributed by atoms with E-state index in [1.165, 1.54) is 7.05 Å². The second kappa shape index (κ2) is 15.2. The van der Waals surface area contributed by atoms with Gasteiger partial charge in [0.05, 0.1) is 18.6 Å². The molecule has 0 fully saturated rings. The van der Waals surface area contributed by atoms with Gasteiger partial charge in [0.25, 0.3) is 0 Å². The number of aliphatic carboxylic acids is 2. The van der Waals surface area contributed by atoms with Gasteiger partial charge >= 0.3 is 41.6 Å². The van der Waals surface area contributed by atoms with E-state index in [2.05, 4.69) is 5.32 Å². The van der Waals surface area contributed by atoms with Crippen molar-refractivity contribution in [1.29, 1.82) is 0 Å². The van der Waals surface area contributed by atoms with Crippen molar-refractivity contribution in [2.75, 3.05) is 27.2 Å². The molecule has 0 aromatic heterocycles. The molecule has 0 aromatic carbocycles. The number of rotatable bonds is 8. The molecule has 10 nitrogen and oxygen atoms in total. The molecular formula is C15H29N2NaO8. The van der Waals surface area contributed by atoms with Crippen LogP contribution in [0.2, 0.25) is 0 Å². The molecule has 11 heteroatoms. The summed E-state index contributed by atoms with van der Waals surface area (Å²) >= 11 is 0. The van der Waals surface area contributed by atoms with Crippen molar-refractivity contribution in [2.24, 2.45) is 0 Å². The second-order valence-corrected chi connectivity index (χ2v) is 6.40. The Kier molecular flexibility index (Phi) is 17.4. The van der Waals surface area contributed by atoms with Crippen molar-refractivity contribution < 1.29 is 69.1 Å². The van der Waals surface area contributed by atoms with Gasteiger partial charge in [0.1, 0.15) is 5.60 Å². The molecule has 0 bridgehead atoms. The van der Waals surface area contributed by atoms with E-state index >= 15 is 0 Å².